The van der Waals surface area contributed by atoms with Gasteiger partial charge in [-0.25, -0.2) is 0 Å². The van der Waals surface area contributed by atoms with E-state index in [-0.39, 0.29) is 0 Å². The van der Waals surface area contributed by atoms with Crippen LogP contribution in [0.25, 0.3) is 22.3 Å². The maximum atomic E-state index is 2.26. The molecule has 4 aromatic rings. The Morgan fingerprint density at radius 1 is 0.440 bits per heavy atom. The van der Waals surface area contributed by atoms with E-state index >= 15 is 0 Å². The van der Waals surface area contributed by atoms with Crippen LogP contribution in [0.4, 0.5) is 0 Å². The molecule has 25 heavy (non-hydrogen) atoms. The summed E-state index contributed by atoms with van der Waals surface area (Å²) in [7, 11) is 0.642. The van der Waals surface area contributed by atoms with Crippen LogP contribution in [0.5, 0.6) is 0 Å². The molecular weight excluding hydrogens is 319 g/mol. The predicted octanol–water partition coefficient (Wildman–Crippen LogP) is 5.65. The molecule has 0 saturated heterocycles. The molecule has 0 amide bonds. The minimum absolute atomic E-state index is 0.642. The lowest BCUT2D eigenvalue weighted by Crippen LogP contribution is -2.07. The molecule has 120 valence electrons. The molecule has 1 unspecified atom stereocenters. The molecule has 1 atom stereocenters. The zero-order valence-corrected chi connectivity index (χ0v) is 14.9. The van der Waals surface area contributed by atoms with Gasteiger partial charge in [0, 0.05) is 0 Å². The van der Waals surface area contributed by atoms with Gasteiger partial charge in [-0.15, -0.1) is 0 Å². The van der Waals surface area contributed by atoms with Gasteiger partial charge in [0.15, 0.2) is 0 Å². The summed E-state index contributed by atoms with van der Waals surface area (Å²) in [5, 5.41) is 2.75. The van der Waals surface area contributed by atoms with Crippen LogP contribution in [-0.2, 0) is 0 Å². The van der Waals surface area contributed by atoms with Gasteiger partial charge in [-0.3, -0.25) is 0 Å². The SMILES string of the molecule is c1ccc(Pc2cccc(-c3ccccc3)c2-c2ccccc2)cc1. The van der Waals surface area contributed by atoms with E-state index in [1.807, 2.05) is 0 Å². The molecule has 1 heteroatoms. The van der Waals surface area contributed by atoms with Gasteiger partial charge in [0.05, 0.1) is 0 Å². The lowest BCUT2D eigenvalue weighted by atomic mass is 9.94. The first-order chi connectivity index (χ1) is 12.4. The first-order valence-electron chi connectivity index (χ1n) is 8.48. The Kier molecular flexibility index (Phi) is 4.72. The van der Waals surface area contributed by atoms with Crippen molar-refractivity contribution in [2.75, 3.05) is 0 Å². The Hall–Kier alpha value is -2.69. The summed E-state index contributed by atoms with van der Waals surface area (Å²) in [5.74, 6) is 0. The Morgan fingerprint density at radius 2 is 1.00 bits per heavy atom. The summed E-state index contributed by atoms with van der Waals surface area (Å²) in [6.45, 7) is 0. The van der Waals surface area contributed by atoms with Crippen molar-refractivity contribution < 1.29 is 0 Å². The van der Waals surface area contributed by atoms with E-state index in [1.165, 1.54) is 32.9 Å². The quantitative estimate of drug-likeness (QED) is 0.422. The molecule has 0 aromatic heterocycles. The third-order valence-electron chi connectivity index (χ3n) is 4.26. The fourth-order valence-electron chi connectivity index (χ4n) is 3.11. The van der Waals surface area contributed by atoms with Crippen molar-refractivity contribution in [1.29, 1.82) is 0 Å². The van der Waals surface area contributed by atoms with Crippen LogP contribution in [-0.4, -0.2) is 0 Å². The molecule has 0 aliphatic heterocycles. The summed E-state index contributed by atoms with van der Waals surface area (Å²) in [5.41, 5.74) is 5.19. The van der Waals surface area contributed by atoms with Crippen LogP contribution < -0.4 is 10.6 Å². The predicted molar refractivity (Wildman–Crippen MR) is 111 cm³/mol. The number of rotatable bonds is 4. The summed E-state index contributed by atoms with van der Waals surface area (Å²) >= 11 is 0. The third-order valence-corrected chi connectivity index (χ3v) is 5.57. The van der Waals surface area contributed by atoms with Gasteiger partial charge >= 0.3 is 0 Å². The van der Waals surface area contributed by atoms with Crippen molar-refractivity contribution in [3.8, 4) is 22.3 Å². The highest BCUT2D eigenvalue weighted by Crippen LogP contribution is 2.33. The van der Waals surface area contributed by atoms with Crippen LogP contribution in [0, 0.1) is 0 Å². The molecule has 0 fully saturated rings. The Labute approximate surface area is 151 Å². The van der Waals surface area contributed by atoms with Gasteiger partial charge in [-0.2, -0.15) is 0 Å². The zero-order valence-electron chi connectivity index (χ0n) is 13.9. The maximum absolute atomic E-state index is 2.26. The standard InChI is InChI=1S/C24H19P/c1-4-11-19(12-5-1)22-17-10-18-23(25-21-15-8-3-9-16-21)24(22)20-13-6-2-7-14-20/h1-18,25H. The number of benzene rings is 4. The minimum Gasteiger partial charge on any atom is -0.0622 e. The second-order valence-electron chi connectivity index (χ2n) is 5.95. The van der Waals surface area contributed by atoms with Crippen LogP contribution in [0.15, 0.2) is 109 Å². The molecule has 0 N–H and O–H groups in total. The van der Waals surface area contributed by atoms with Gasteiger partial charge in [-0.05, 0) is 32.9 Å². The fourth-order valence-corrected chi connectivity index (χ4v) is 4.36. The fraction of sp³-hybridized carbons (Fsp3) is 0. The van der Waals surface area contributed by atoms with E-state index in [2.05, 4.69) is 109 Å². The highest BCUT2D eigenvalue weighted by atomic mass is 31.1. The van der Waals surface area contributed by atoms with Gasteiger partial charge in [0.1, 0.15) is 0 Å². The summed E-state index contributed by atoms with van der Waals surface area (Å²) in [6, 6.07) is 38.8. The van der Waals surface area contributed by atoms with Gasteiger partial charge < -0.3 is 0 Å². The zero-order chi connectivity index (χ0) is 16.9. The molecule has 0 aliphatic rings. The summed E-state index contributed by atoms with van der Waals surface area (Å²) in [6.07, 6.45) is 0. The molecule has 0 radical (unpaired) electrons. The molecule has 0 bridgehead atoms. The van der Waals surface area contributed by atoms with E-state index in [9.17, 15) is 0 Å². The first-order valence-corrected chi connectivity index (χ1v) is 9.48. The van der Waals surface area contributed by atoms with E-state index < -0.39 is 0 Å². The maximum Gasteiger partial charge on any atom is -0.00277 e. The van der Waals surface area contributed by atoms with E-state index in [1.54, 1.807) is 0 Å². The largest absolute Gasteiger partial charge is 0.0622 e. The molecule has 4 aromatic carbocycles. The van der Waals surface area contributed by atoms with E-state index in [4.69, 9.17) is 0 Å². The Morgan fingerprint density at radius 3 is 1.64 bits per heavy atom. The van der Waals surface area contributed by atoms with Crippen LogP contribution in [0.3, 0.4) is 0 Å². The van der Waals surface area contributed by atoms with Crippen molar-refractivity contribution in [1.82, 2.24) is 0 Å². The van der Waals surface area contributed by atoms with E-state index in [0.717, 1.165) is 0 Å². The lowest BCUT2D eigenvalue weighted by molar-refractivity contribution is 1.60. The van der Waals surface area contributed by atoms with Crippen molar-refractivity contribution >= 4 is 19.2 Å². The van der Waals surface area contributed by atoms with Crippen LogP contribution >= 0.6 is 8.58 Å². The molecule has 0 saturated carbocycles. The first kappa shape index (κ1) is 15.8. The topological polar surface area (TPSA) is 0 Å². The third kappa shape index (κ3) is 3.55. The normalized spacial score (nSPS) is 11.0. The number of hydrogen-bond donors (Lipinski definition) is 0. The van der Waals surface area contributed by atoms with Crippen LogP contribution in [0.2, 0.25) is 0 Å². The Bertz CT molecular complexity index is 945. The minimum atomic E-state index is 0.642. The second kappa shape index (κ2) is 7.47. The molecule has 0 heterocycles. The monoisotopic (exact) mass is 338 g/mol. The molecule has 0 spiro atoms. The molecule has 4 rings (SSSR count). The highest BCUT2D eigenvalue weighted by Gasteiger charge is 2.12. The van der Waals surface area contributed by atoms with Gasteiger partial charge in [0.2, 0.25) is 0 Å². The lowest BCUT2D eigenvalue weighted by Gasteiger charge is -2.16. The van der Waals surface area contributed by atoms with Gasteiger partial charge in [-0.1, -0.05) is 118 Å². The average Bonchev–Trinajstić information content (AvgIpc) is 2.70. The van der Waals surface area contributed by atoms with Crippen molar-refractivity contribution in [2.45, 2.75) is 0 Å². The smallest absolute Gasteiger partial charge is 0.00277 e. The number of hydrogen-bond acceptors (Lipinski definition) is 0. The highest BCUT2D eigenvalue weighted by molar-refractivity contribution is 7.55. The molecular formula is C24H19P. The second-order valence-corrected chi connectivity index (χ2v) is 7.32. The van der Waals surface area contributed by atoms with E-state index in [0.29, 0.717) is 8.58 Å². The summed E-state index contributed by atoms with van der Waals surface area (Å²) in [4.78, 5) is 0. The van der Waals surface area contributed by atoms with Crippen molar-refractivity contribution in [2.24, 2.45) is 0 Å². The van der Waals surface area contributed by atoms with Crippen LogP contribution in [0.1, 0.15) is 0 Å². The van der Waals surface area contributed by atoms with Gasteiger partial charge in [0.25, 0.3) is 0 Å². The molecule has 0 aliphatic carbocycles. The molecule has 0 nitrogen and oxygen atoms in total. The van der Waals surface area contributed by atoms with Crippen molar-refractivity contribution in [3.63, 3.8) is 0 Å². The average molecular weight is 338 g/mol. The Balaban J connectivity index is 1.89. The van der Waals surface area contributed by atoms with Crippen molar-refractivity contribution in [3.05, 3.63) is 109 Å². The summed E-state index contributed by atoms with van der Waals surface area (Å²) < 4.78 is 0.